The van der Waals surface area contributed by atoms with Crippen molar-refractivity contribution in [3.8, 4) is 0 Å². The van der Waals surface area contributed by atoms with Crippen LogP contribution in [0.3, 0.4) is 0 Å². The Balaban J connectivity index is 1.54. The average molecular weight is 391 g/mol. The summed E-state index contributed by atoms with van der Waals surface area (Å²) in [6, 6.07) is 17.2. The zero-order valence-corrected chi connectivity index (χ0v) is 15.8. The molecule has 2 aromatic carbocycles. The molecule has 0 spiro atoms. The molecule has 4 aromatic rings. The predicted octanol–water partition coefficient (Wildman–Crippen LogP) is 4.44. The normalized spacial score (nSPS) is 11.0. The van der Waals surface area contributed by atoms with Crippen LogP contribution in [0.4, 0.5) is 8.78 Å². The summed E-state index contributed by atoms with van der Waals surface area (Å²) in [6.45, 7) is 2.35. The molecule has 4 nitrogen and oxygen atoms in total. The number of hydrogen-bond donors (Lipinski definition) is 1. The lowest BCUT2D eigenvalue weighted by molar-refractivity contribution is 0.0945. The van der Waals surface area contributed by atoms with Crippen molar-refractivity contribution in [3.05, 3.63) is 106 Å². The quantitative estimate of drug-likeness (QED) is 0.547. The van der Waals surface area contributed by atoms with E-state index in [9.17, 15) is 13.6 Å². The van der Waals surface area contributed by atoms with Gasteiger partial charge in [-0.1, -0.05) is 42.5 Å². The molecule has 1 amide bonds. The molecule has 0 unspecified atom stereocenters. The fourth-order valence-electron chi connectivity index (χ4n) is 3.30. The lowest BCUT2D eigenvalue weighted by Gasteiger charge is -2.06. The summed E-state index contributed by atoms with van der Waals surface area (Å²) in [5.41, 5.74) is 4.66. The third-order valence-electron chi connectivity index (χ3n) is 4.75. The number of halogens is 2. The first-order valence-electron chi connectivity index (χ1n) is 9.24. The number of carbonyl (C=O) groups is 1. The van der Waals surface area contributed by atoms with E-state index in [2.05, 4.69) is 10.4 Å². The van der Waals surface area contributed by atoms with Crippen LogP contribution in [-0.4, -0.2) is 15.5 Å². The Kier molecular flexibility index (Phi) is 5.08. The summed E-state index contributed by atoms with van der Waals surface area (Å²) < 4.78 is 28.3. The molecule has 2 heterocycles. The van der Waals surface area contributed by atoms with E-state index >= 15 is 0 Å². The minimum absolute atomic E-state index is 0.251. The third-order valence-corrected chi connectivity index (χ3v) is 4.75. The number of hydrogen-bond acceptors (Lipinski definition) is 2. The van der Waals surface area contributed by atoms with Crippen LogP contribution in [0.15, 0.2) is 66.9 Å². The summed E-state index contributed by atoms with van der Waals surface area (Å²) in [4.78, 5) is 12.5. The minimum Gasteiger partial charge on any atom is -0.347 e. The Morgan fingerprint density at radius 2 is 1.76 bits per heavy atom. The molecule has 0 fully saturated rings. The van der Waals surface area contributed by atoms with E-state index in [4.69, 9.17) is 0 Å². The Labute approximate surface area is 166 Å². The third kappa shape index (κ3) is 4.16. The maximum Gasteiger partial charge on any atom is 0.272 e. The predicted molar refractivity (Wildman–Crippen MR) is 107 cm³/mol. The van der Waals surface area contributed by atoms with Crippen LogP contribution >= 0.6 is 0 Å². The van der Waals surface area contributed by atoms with E-state index in [1.807, 2.05) is 43.3 Å². The summed E-state index contributed by atoms with van der Waals surface area (Å²) in [7, 11) is 0. The molecule has 0 bridgehead atoms. The van der Waals surface area contributed by atoms with Gasteiger partial charge in [-0.15, -0.1) is 0 Å². The van der Waals surface area contributed by atoms with Crippen molar-refractivity contribution >= 4 is 11.4 Å². The van der Waals surface area contributed by atoms with Gasteiger partial charge >= 0.3 is 0 Å². The van der Waals surface area contributed by atoms with Crippen LogP contribution in [0.25, 0.3) is 5.52 Å². The number of aryl methyl sites for hydroxylation is 1. The molecule has 0 atom stereocenters. The Hall–Kier alpha value is -3.54. The Morgan fingerprint density at radius 1 is 0.966 bits per heavy atom. The van der Waals surface area contributed by atoms with Crippen molar-refractivity contribution in [1.82, 2.24) is 14.9 Å². The molecule has 0 aliphatic heterocycles. The van der Waals surface area contributed by atoms with Crippen molar-refractivity contribution in [2.45, 2.75) is 19.9 Å². The molecule has 0 radical (unpaired) electrons. The van der Waals surface area contributed by atoms with E-state index in [1.165, 1.54) is 6.07 Å². The second kappa shape index (κ2) is 7.83. The van der Waals surface area contributed by atoms with Crippen LogP contribution in [0.2, 0.25) is 0 Å². The first kappa shape index (κ1) is 18.8. The SMILES string of the molecule is Cc1cc(Cc2ccc(F)c(F)c2)cn2nc(C(=O)NCc3ccccc3)cc12. The minimum atomic E-state index is -0.864. The molecule has 6 heteroatoms. The summed E-state index contributed by atoms with van der Waals surface area (Å²) in [5, 5.41) is 7.26. The summed E-state index contributed by atoms with van der Waals surface area (Å²) in [5.74, 6) is -1.98. The van der Waals surface area contributed by atoms with Crippen LogP contribution < -0.4 is 5.32 Å². The van der Waals surface area contributed by atoms with Gasteiger partial charge in [-0.3, -0.25) is 4.79 Å². The van der Waals surface area contributed by atoms with Crippen molar-refractivity contribution in [3.63, 3.8) is 0 Å². The number of nitrogens with one attached hydrogen (secondary N) is 1. The fourth-order valence-corrected chi connectivity index (χ4v) is 3.30. The van der Waals surface area contributed by atoms with E-state index in [1.54, 1.807) is 22.8 Å². The van der Waals surface area contributed by atoms with Gasteiger partial charge in [-0.05, 0) is 53.8 Å². The van der Waals surface area contributed by atoms with Gasteiger partial charge in [0.15, 0.2) is 17.3 Å². The van der Waals surface area contributed by atoms with Gasteiger partial charge < -0.3 is 5.32 Å². The highest BCUT2D eigenvalue weighted by molar-refractivity contribution is 5.93. The number of pyridine rings is 1. The molecule has 2 aromatic heterocycles. The highest BCUT2D eigenvalue weighted by Gasteiger charge is 2.13. The summed E-state index contributed by atoms with van der Waals surface area (Å²) in [6.07, 6.45) is 2.24. The Bertz CT molecular complexity index is 1190. The van der Waals surface area contributed by atoms with Crippen LogP contribution in [0, 0.1) is 18.6 Å². The molecule has 0 aliphatic carbocycles. The number of rotatable bonds is 5. The first-order chi connectivity index (χ1) is 14.0. The van der Waals surface area contributed by atoms with Gasteiger partial charge in [0, 0.05) is 12.7 Å². The molecule has 0 aliphatic rings. The number of amides is 1. The molecule has 1 N–H and O–H groups in total. The van der Waals surface area contributed by atoms with Gasteiger partial charge in [0.1, 0.15) is 0 Å². The smallest absolute Gasteiger partial charge is 0.272 e. The molecular weight excluding hydrogens is 372 g/mol. The molecule has 29 heavy (non-hydrogen) atoms. The van der Waals surface area contributed by atoms with Gasteiger partial charge in [-0.2, -0.15) is 5.10 Å². The van der Waals surface area contributed by atoms with Crippen LogP contribution in [0.1, 0.15) is 32.7 Å². The van der Waals surface area contributed by atoms with E-state index in [0.717, 1.165) is 28.3 Å². The molecule has 0 saturated heterocycles. The zero-order chi connectivity index (χ0) is 20.4. The molecule has 146 valence electrons. The van der Waals surface area contributed by atoms with Crippen molar-refractivity contribution in [2.24, 2.45) is 0 Å². The number of fused-ring (bicyclic) bond motifs is 1. The van der Waals surface area contributed by atoms with Crippen LogP contribution in [-0.2, 0) is 13.0 Å². The molecular formula is C23H19F2N3O. The summed E-state index contributed by atoms with van der Waals surface area (Å²) >= 11 is 0. The second-order valence-electron chi connectivity index (χ2n) is 6.98. The molecule has 4 rings (SSSR count). The van der Waals surface area contributed by atoms with Gasteiger partial charge in [-0.25, -0.2) is 13.3 Å². The standard InChI is InChI=1S/C23H19F2N3O/c1-15-9-18(10-17-7-8-19(24)20(25)11-17)14-28-22(15)12-21(27-28)23(29)26-13-16-5-3-2-4-6-16/h2-9,11-12,14H,10,13H2,1H3,(H,26,29). The lowest BCUT2D eigenvalue weighted by atomic mass is 10.0. The number of aromatic nitrogens is 2. The number of nitrogens with zero attached hydrogens (tertiary/aromatic N) is 2. The van der Waals surface area contributed by atoms with E-state index in [-0.39, 0.29) is 5.91 Å². The molecule has 0 saturated carbocycles. The fraction of sp³-hybridized carbons (Fsp3) is 0.130. The monoisotopic (exact) mass is 391 g/mol. The largest absolute Gasteiger partial charge is 0.347 e. The van der Waals surface area contributed by atoms with Gasteiger partial charge in [0.05, 0.1) is 5.52 Å². The first-order valence-corrected chi connectivity index (χ1v) is 9.24. The number of carbonyl (C=O) groups excluding carboxylic acids is 1. The topological polar surface area (TPSA) is 46.4 Å². The average Bonchev–Trinajstić information content (AvgIpc) is 3.15. The van der Waals surface area contributed by atoms with E-state index in [0.29, 0.717) is 24.2 Å². The Morgan fingerprint density at radius 3 is 2.52 bits per heavy atom. The second-order valence-corrected chi connectivity index (χ2v) is 6.98. The number of benzene rings is 2. The highest BCUT2D eigenvalue weighted by atomic mass is 19.2. The zero-order valence-electron chi connectivity index (χ0n) is 15.8. The van der Waals surface area contributed by atoms with E-state index < -0.39 is 11.6 Å². The van der Waals surface area contributed by atoms with Gasteiger partial charge in [0.25, 0.3) is 5.91 Å². The van der Waals surface area contributed by atoms with Crippen LogP contribution in [0.5, 0.6) is 0 Å². The van der Waals surface area contributed by atoms with Crippen molar-refractivity contribution in [1.29, 1.82) is 0 Å². The lowest BCUT2D eigenvalue weighted by Crippen LogP contribution is -2.23. The maximum absolute atomic E-state index is 13.5. The van der Waals surface area contributed by atoms with Crippen molar-refractivity contribution < 1.29 is 13.6 Å². The van der Waals surface area contributed by atoms with Crippen molar-refractivity contribution in [2.75, 3.05) is 0 Å². The highest BCUT2D eigenvalue weighted by Crippen LogP contribution is 2.18. The maximum atomic E-state index is 13.5. The van der Waals surface area contributed by atoms with Gasteiger partial charge in [0.2, 0.25) is 0 Å².